The maximum absolute atomic E-state index is 14.1. The van der Waals surface area contributed by atoms with Crippen LogP contribution in [0.1, 0.15) is 38.0 Å². The Morgan fingerprint density at radius 1 is 0.913 bits per heavy atom. The number of nitrogens with zero attached hydrogens (tertiary/aromatic N) is 1. The first-order chi connectivity index (χ1) is 22.0. The van der Waals surface area contributed by atoms with Crippen molar-refractivity contribution in [2.24, 2.45) is 7.05 Å². The third-order valence-corrected chi connectivity index (χ3v) is 7.71. The number of anilines is 1. The molecule has 0 radical (unpaired) electrons. The van der Waals surface area contributed by atoms with Gasteiger partial charge in [0, 0.05) is 18.1 Å². The molecule has 0 saturated carbocycles. The predicted octanol–water partition coefficient (Wildman–Crippen LogP) is 6.99. The number of rotatable bonds is 8. The van der Waals surface area contributed by atoms with Crippen molar-refractivity contribution >= 4 is 45.9 Å². The number of alkyl halides is 3. The second-order valence-electron chi connectivity index (χ2n) is 10.2. The van der Waals surface area contributed by atoms with Crippen LogP contribution in [0, 0.1) is 12.3 Å². The number of carbonyl (C=O) groups excluding carboxylic acids is 3. The number of hydrogen-bond donors (Lipinski definition) is 3. The standard InChI is InChI=1S/C35H26ClF3N4O3/c1-3-19-40-33(45)30(22-13-8-5-9-14-22)42-34(46)31-29(36)25-20-23(17-18-27(25)43(31)2)41-32(44)28-24(21-11-6-4-7-12-21)15-10-16-26(28)35(37,38)39/h1,4-18,20,30H,19H2,2H3,(H,40,45)(H,41,44)(H,42,46). The fourth-order valence-electron chi connectivity index (χ4n) is 5.20. The Bertz CT molecular complexity index is 1980. The second-order valence-corrected chi connectivity index (χ2v) is 10.6. The smallest absolute Gasteiger partial charge is 0.343 e. The minimum absolute atomic E-state index is 0.0163. The summed E-state index contributed by atoms with van der Waals surface area (Å²) in [6.45, 7) is -0.0401. The lowest BCUT2D eigenvalue weighted by Gasteiger charge is -2.18. The number of amides is 3. The number of aromatic nitrogens is 1. The van der Waals surface area contributed by atoms with Gasteiger partial charge in [0.05, 0.1) is 28.2 Å². The van der Waals surface area contributed by atoms with Gasteiger partial charge in [-0.3, -0.25) is 14.4 Å². The van der Waals surface area contributed by atoms with E-state index < -0.39 is 41.1 Å². The minimum Gasteiger partial charge on any atom is -0.343 e. The average Bonchev–Trinajstić information content (AvgIpc) is 3.30. The first-order valence-corrected chi connectivity index (χ1v) is 14.3. The summed E-state index contributed by atoms with van der Waals surface area (Å²) in [6, 6.07) is 23.9. The van der Waals surface area contributed by atoms with Crippen molar-refractivity contribution < 1.29 is 27.6 Å². The van der Waals surface area contributed by atoms with E-state index >= 15 is 0 Å². The molecule has 3 amide bonds. The molecule has 1 atom stereocenters. The van der Waals surface area contributed by atoms with Crippen LogP contribution < -0.4 is 16.0 Å². The van der Waals surface area contributed by atoms with Gasteiger partial charge in [-0.15, -0.1) is 6.42 Å². The van der Waals surface area contributed by atoms with Crippen molar-refractivity contribution in [3.8, 4) is 23.5 Å². The zero-order valence-corrected chi connectivity index (χ0v) is 25.0. The Balaban J connectivity index is 1.48. The number of aryl methyl sites for hydroxylation is 1. The molecular weight excluding hydrogens is 617 g/mol. The Labute approximate surface area is 267 Å². The number of benzene rings is 4. The van der Waals surface area contributed by atoms with Crippen LogP contribution in [-0.4, -0.2) is 28.8 Å². The lowest BCUT2D eigenvalue weighted by molar-refractivity contribution is -0.137. The fourth-order valence-corrected chi connectivity index (χ4v) is 5.56. The molecule has 1 aromatic heterocycles. The Morgan fingerprint density at radius 3 is 2.24 bits per heavy atom. The number of terminal acetylenes is 1. The summed E-state index contributed by atoms with van der Waals surface area (Å²) in [7, 11) is 1.60. The van der Waals surface area contributed by atoms with Gasteiger partial charge in [-0.1, -0.05) is 90.3 Å². The van der Waals surface area contributed by atoms with E-state index in [0.717, 1.165) is 6.07 Å². The van der Waals surface area contributed by atoms with Crippen molar-refractivity contribution in [3.63, 3.8) is 0 Å². The molecule has 0 aliphatic heterocycles. The van der Waals surface area contributed by atoms with E-state index in [1.807, 2.05) is 0 Å². The number of carbonyl (C=O) groups is 3. The van der Waals surface area contributed by atoms with Crippen molar-refractivity contribution in [3.05, 3.63) is 124 Å². The molecule has 1 unspecified atom stereocenters. The largest absolute Gasteiger partial charge is 0.417 e. The molecule has 0 aliphatic carbocycles. The van der Waals surface area contributed by atoms with Crippen molar-refractivity contribution in [1.82, 2.24) is 15.2 Å². The summed E-state index contributed by atoms with van der Waals surface area (Å²) in [6.07, 6.45) is 0.487. The summed E-state index contributed by atoms with van der Waals surface area (Å²) in [5.41, 5.74) is 0.145. The van der Waals surface area contributed by atoms with Crippen molar-refractivity contribution in [1.29, 1.82) is 0 Å². The van der Waals surface area contributed by atoms with Gasteiger partial charge < -0.3 is 20.5 Å². The van der Waals surface area contributed by atoms with E-state index in [-0.39, 0.29) is 28.5 Å². The maximum Gasteiger partial charge on any atom is 0.417 e. The first kappa shape index (κ1) is 31.9. The minimum atomic E-state index is -4.79. The molecule has 0 spiro atoms. The van der Waals surface area contributed by atoms with E-state index in [1.54, 1.807) is 73.8 Å². The normalized spacial score (nSPS) is 11.8. The van der Waals surface area contributed by atoms with Crippen LogP contribution >= 0.6 is 11.6 Å². The van der Waals surface area contributed by atoms with Crippen LogP contribution in [-0.2, 0) is 18.0 Å². The number of hydrogen-bond acceptors (Lipinski definition) is 3. The van der Waals surface area contributed by atoms with Gasteiger partial charge in [-0.05, 0) is 41.0 Å². The highest BCUT2D eigenvalue weighted by Gasteiger charge is 2.37. The highest BCUT2D eigenvalue weighted by atomic mass is 35.5. The zero-order chi connectivity index (χ0) is 33.0. The number of nitrogens with one attached hydrogen (secondary N) is 3. The molecular formula is C35H26ClF3N4O3. The number of fused-ring (bicyclic) bond motifs is 1. The van der Waals surface area contributed by atoms with Crippen LogP contribution in [0.3, 0.4) is 0 Å². The van der Waals surface area contributed by atoms with Crippen LogP contribution in [0.4, 0.5) is 18.9 Å². The van der Waals surface area contributed by atoms with Gasteiger partial charge in [-0.2, -0.15) is 13.2 Å². The zero-order valence-electron chi connectivity index (χ0n) is 24.3. The first-order valence-electron chi connectivity index (χ1n) is 13.9. The molecule has 5 rings (SSSR count). The van der Waals surface area contributed by atoms with Gasteiger partial charge in [0.1, 0.15) is 11.7 Å². The van der Waals surface area contributed by atoms with Crippen molar-refractivity contribution in [2.45, 2.75) is 12.2 Å². The third kappa shape index (κ3) is 6.46. The highest BCUT2D eigenvalue weighted by Crippen LogP contribution is 2.38. The van der Waals surface area contributed by atoms with E-state index in [9.17, 15) is 27.6 Å². The topological polar surface area (TPSA) is 92.2 Å². The molecule has 11 heteroatoms. The summed E-state index contributed by atoms with van der Waals surface area (Å²) in [5.74, 6) is 0.166. The molecule has 232 valence electrons. The Morgan fingerprint density at radius 2 is 1.59 bits per heavy atom. The van der Waals surface area contributed by atoms with E-state index in [4.69, 9.17) is 18.0 Å². The molecule has 0 saturated heterocycles. The highest BCUT2D eigenvalue weighted by molar-refractivity contribution is 6.39. The van der Waals surface area contributed by atoms with Crippen molar-refractivity contribution in [2.75, 3.05) is 11.9 Å². The van der Waals surface area contributed by atoms with Gasteiger partial charge >= 0.3 is 6.18 Å². The van der Waals surface area contributed by atoms with Gasteiger partial charge in [0.25, 0.3) is 11.8 Å². The Kier molecular flexibility index (Phi) is 9.16. The lowest BCUT2D eigenvalue weighted by atomic mass is 9.94. The van der Waals surface area contributed by atoms with Gasteiger partial charge in [-0.25, -0.2) is 0 Å². The van der Waals surface area contributed by atoms with Crippen LogP contribution in [0.25, 0.3) is 22.0 Å². The van der Waals surface area contributed by atoms with Gasteiger partial charge in [0.15, 0.2) is 0 Å². The molecule has 4 aromatic carbocycles. The summed E-state index contributed by atoms with van der Waals surface area (Å²) >= 11 is 6.70. The van der Waals surface area contributed by atoms with Gasteiger partial charge in [0.2, 0.25) is 5.91 Å². The quantitative estimate of drug-likeness (QED) is 0.159. The van der Waals surface area contributed by atoms with Crippen LogP contribution in [0.2, 0.25) is 5.02 Å². The van der Waals surface area contributed by atoms with Crippen LogP contribution in [0.15, 0.2) is 97.1 Å². The molecule has 1 heterocycles. The van der Waals surface area contributed by atoms with Crippen LogP contribution in [0.5, 0.6) is 0 Å². The molecule has 0 bridgehead atoms. The lowest BCUT2D eigenvalue weighted by Crippen LogP contribution is -2.41. The molecule has 0 aliphatic rings. The fraction of sp³-hybridized carbons (Fsp3) is 0.114. The maximum atomic E-state index is 14.1. The molecule has 3 N–H and O–H groups in total. The molecule has 5 aromatic rings. The molecule has 0 fully saturated rings. The second kappa shape index (κ2) is 13.2. The molecule has 7 nitrogen and oxygen atoms in total. The van der Waals surface area contributed by atoms with E-state index in [1.165, 1.54) is 28.8 Å². The monoisotopic (exact) mass is 642 g/mol. The SMILES string of the molecule is C#CCNC(=O)C(NC(=O)c1c(Cl)c2cc(NC(=O)c3c(-c4ccccc4)cccc3C(F)(F)F)ccc2n1C)c1ccccc1. The average molecular weight is 643 g/mol. The van der Waals surface area contributed by atoms with E-state index in [2.05, 4.69) is 21.9 Å². The Hall–Kier alpha value is -5.53. The third-order valence-electron chi connectivity index (χ3n) is 7.33. The predicted molar refractivity (Wildman–Crippen MR) is 171 cm³/mol. The summed E-state index contributed by atoms with van der Waals surface area (Å²) < 4.78 is 43.7. The molecule has 46 heavy (non-hydrogen) atoms. The van der Waals surface area contributed by atoms with E-state index in [0.29, 0.717) is 22.0 Å². The summed E-state index contributed by atoms with van der Waals surface area (Å²) in [5, 5.41) is 8.22. The number of halogens is 4. The summed E-state index contributed by atoms with van der Waals surface area (Å²) in [4.78, 5) is 40.0.